The molecule has 136 valence electrons. The smallest absolute Gasteiger partial charge is 0.407 e. The largest absolute Gasteiger partial charge is 0.496 e. The standard InChI is InChI=1S/C18H24N2O5/c1-4-12-25-18(22)19-13-8-10-20(11-9-13)17(21)16-14(23-2)6-5-7-15(16)24-3/h4-7,13H,1,8-12H2,2-3H3,(H,19,22). The maximum atomic E-state index is 12.9. The summed E-state index contributed by atoms with van der Waals surface area (Å²) in [5.41, 5.74) is 0.421. The highest BCUT2D eigenvalue weighted by atomic mass is 16.5. The number of alkyl carbamates (subject to hydrolysis) is 1. The second-order valence-corrected chi connectivity index (χ2v) is 5.64. The Balaban J connectivity index is 1.98. The normalized spacial score (nSPS) is 14.6. The number of amides is 2. The van der Waals surface area contributed by atoms with Gasteiger partial charge in [-0.3, -0.25) is 4.79 Å². The van der Waals surface area contributed by atoms with Gasteiger partial charge in [-0.15, -0.1) is 0 Å². The van der Waals surface area contributed by atoms with Gasteiger partial charge in [-0.2, -0.15) is 0 Å². The summed E-state index contributed by atoms with van der Waals surface area (Å²) < 4.78 is 15.5. The number of rotatable bonds is 6. The van der Waals surface area contributed by atoms with Crippen LogP contribution in [0.2, 0.25) is 0 Å². The second-order valence-electron chi connectivity index (χ2n) is 5.64. The van der Waals surface area contributed by atoms with Crippen LogP contribution in [-0.4, -0.2) is 56.9 Å². The van der Waals surface area contributed by atoms with E-state index in [2.05, 4.69) is 11.9 Å². The third kappa shape index (κ3) is 4.65. The highest BCUT2D eigenvalue weighted by molar-refractivity contribution is 5.99. The molecule has 2 rings (SSSR count). The Labute approximate surface area is 147 Å². The lowest BCUT2D eigenvalue weighted by molar-refractivity contribution is 0.0696. The average molecular weight is 348 g/mol. The van der Waals surface area contributed by atoms with E-state index >= 15 is 0 Å². The summed E-state index contributed by atoms with van der Waals surface area (Å²) in [6.07, 6.45) is 2.37. The summed E-state index contributed by atoms with van der Waals surface area (Å²) >= 11 is 0. The van der Waals surface area contributed by atoms with Crippen LogP contribution in [0, 0.1) is 0 Å². The Kier molecular flexibility index (Phi) is 6.68. The van der Waals surface area contributed by atoms with Crippen LogP contribution in [0.1, 0.15) is 23.2 Å². The number of likely N-dealkylation sites (tertiary alicyclic amines) is 1. The van der Waals surface area contributed by atoms with Crippen molar-refractivity contribution in [3.8, 4) is 11.5 Å². The molecule has 0 unspecified atom stereocenters. The van der Waals surface area contributed by atoms with Crippen molar-refractivity contribution in [3.05, 3.63) is 36.4 Å². The van der Waals surface area contributed by atoms with Gasteiger partial charge in [0.25, 0.3) is 5.91 Å². The molecule has 25 heavy (non-hydrogen) atoms. The lowest BCUT2D eigenvalue weighted by Gasteiger charge is -2.32. The third-order valence-electron chi connectivity index (χ3n) is 4.08. The van der Waals surface area contributed by atoms with E-state index < -0.39 is 6.09 Å². The highest BCUT2D eigenvalue weighted by Crippen LogP contribution is 2.30. The molecule has 2 amide bonds. The number of nitrogens with one attached hydrogen (secondary N) is 1. The van der Waals surface area contributed by atoms with E-state index in [4.69, 9.17) is 14.2 Å². The molecule has 1 aromatic carbocycles. The zero-order valence-corrected chi connectivity index (χ0v) is 14.6. The fourth-order valence-electron chi connectivity index (χ4n) is 2.79. The van der Waals surface area contributed by atoms with Crippen molar-refractivity contribution < 1.29 is 23.8 Å². The second kappa shape index (κ2) is 8.96. The molecule has 0 saturated carbocycles. The van der Waals surface area contributed by atoms with Gasteiger partial charge in [0.1, 0.15) is 23.7 Å². The lowest BCUT2D eigenvalue weighted by Crippen LogP contribution is -2.46. The molecule has 7 nitrogen and oxygen atoms in total. The van der Waals surface area contributed by atoms with Gasteiger partial charge in [0, 0.05) is 19.1 Å². The van der Waals surface area contributed by atoms with Crippen LogP contribution in [-0.2, 0) is 4.74 Å². The first-order valence-electron chi connectivity index (χ1n) is 8.15. The molecule has 1 N–H and O–H groups in total. The summed E-state index contributed by atoms with van der Waals surface area (Å²) in [4.78, 5) is 26.2. The van der Waals surface area contributed by atoms with Crippen LogP contribution in [0.3, 0.4) is 0 Å². The Hall–Kier alpha value is -2.70. The van der Waals surface area contributed by atoms with E-state index in [9.17, 15) is 9.59 Å². The Morgan fingerprint density at radius 3 is 2.36 bits per heavy atom. The first-order valence-corrected chi connectivity index (χ1v) is 8.15. The molecule has 0 radical (unpaired) electrons. The minimum atomic E-state index is -0.462. The summed E-state index contributed by atoms with van der Waals surface area (Å²) in [6.45, 7) is 4.74. The van der Waals surface area contributed by atoms with Gasteiger partial charge in [-0.25, -0.2) is 4.79 Å². The summed E-state index contributed by atoms with van der Waals surface area (Å²) in [5.74, 6) is 0.831. The van der Waals surface area contributed by atoms with Gasteiger partial charge in [0.2, 0.25) is 0 Å². The van der Waals surface area contributed by atoms with Gasteiger partial charge in [0.05, 0.1) is 14.2 Å². The summed E-state index contributed by atoms with van der Waals surface area (Å²) in [6, 6.07) is 5.24. The van der Waals surface area contributed by atoms with Crippen LogP contribution in [0.25, 0.3) is 0 Å². The fraction of sp³-hybridized carbons (Fsp3) is 0.444. The minimum absolute atomic E-state index is 0.0130. The van der Waals surface area contributed by atoms with Gasteiger partial charge in [-0.05, 0) is 25.0 Å². The number of ether oxygens (including phenoxy) is 3. The molecule has 1 aromatic rings. The van der Waals surface area contributed by atoms with Crippen molar-refractivity contribution in [2.24, 2.45) is 0 Å². The predicted molar refractivity (Wildman–Crippen MR) is 93.2 cm³/mol. The first-order chi connectivity index (χ1) is 12.1. The number of methoxy groups -OCH3 is 2. The molecule has 0 aromatic heterocycles. The summed E-state index contributed by atoms with van der Waals surface area (Å²) in [7, 11) is 3.05. The van der Waals surface area contributed by atoms with Gasteiger partial charge >= 0.3 is 6.09 Å². The molecule has 1 fully saturated rings. The van der Waals surface area contributed by atoms with Gasteiger partial charge in [-0.1, -0.05) is 18.7 Å². The molecule has 0 aliphatic carbocycles. The number of hydrogen-bond donors (Lipinski definition) is 1. The van der Waals surface area contributed by atoms with Crippen LogP contribution >= 0.6 is 0 Å². The van der Waals surface area contributed by atoms with E-state index in [1.54, 1.807) is 23.1 Å². The Bertz CT molecular complexity index is 602. The molecule has 0 atom stereocenters. The number of piperidine rings is 1. The zero-order chi connectivity index (χ0) is 18.2. The quantitative estimate of drug-likeness (QED) is 0.798. The highest BCUT2D eigenvalue weighted by Gasteiger charge is 2.28. The van der Waals surface area contributed by atoms with Crippen LogP contribution in [0.15, 0.2) is 30.9 Å². The van der Waals surface area contributed by atoms with Crippen LogP contribution in [0.5, 0.6) is 11.5 Å². The SMILES string of the molecule is C=CCOC(=O)NC1CCN(C(=O)c2c(OC)cccc2OC)CC1. The van der Waals surface area contributed by atoms with Gasteiger partial charge in [0.15, 0.2) is 0 Å². The first kappa shape index (κ1) is 18.6. The monoisotopic (exact) mass is 348 g/mol. The number of benzene rings is 1. The Morgan fingerprint density at radius 2 is 1.84 bits per heavy atom. The van der Waals surface area contributed by atoms with Crippen molar-refractivity contribution in [1.82, 2.24) is 10.2 Å². The van der Waals surface area contributed by atoms with Crippen molar-refractivity contribution in [2.75, 3.05) is 33.9 Å². The molecule has 0 spiro atoms. The number of hydrogen-bond acceptors (Lipinski definition) is 5. The Morgan fingerprint density at radius 1 is 1.24 bits per heavy atom. The fourth-order valence-corrected chi connectivity index (χ4v) is 2.79. The predicted octanol–water partition coefficient (Wildman–Crippen LogP) is 2.22. The van der Waals surface area contributed by atoms with Crippen molar-refractivity contribution in [3.63, 3.8) is 0 Å². The van der Waals surface area contributed by atoms with Crippen molar-refractivity contribution in [2.45, 2.75) is 18.9 Å². The van der Waals surface area contributed by atoms with E-state index in [1.165, 1.54) is 20.3 Å². The molecule has 1 aliphatic rings. The average Bonchev–Trinajstić information content (AvgIpc) is 2.65. The topological polar surface area (TPSA) is 77.1 Å². The maximum absolute atomic E-state index is 12.9. The lowest BCUT2D eigenvalue weighted by atomic mass is 10.0. The number of nitrogens with zero attached hydrogens (tertiary/aromatic N) is 1. The van der Waals surface area contributed by atoms with E-state index in [0.717, 1.165) is 0 Å². The zero-order valence-electron chi connectivity index (χ0n) is 14.6. The molecule has 1 aliphatic heterocycles. The minimum Gasteiger partial charge on any atom is -0.496 e. The van der Waals surface area contributed by atoms with Crippen LogP contribution in [0.4, 0.5) is 4.79 Å². The van der Waals surface area contributed by atoms with Crippen molar-refractivity contribution in [1.29, 1.82) is 0 Å². The number of carbonyl (C=O) groups excluding carboxylic acids is 2. The molecule has 0 bridgehead atoms. The number of carbonyl (C=O) groups is 2. The van der Waals surface area contributed by atoms with Gasteiger partial charge < -0.3 is 24.4 Å². The molecule has 1 saturated heterocycles. The third-order valence-corrected chi connectivity index (χ3v) is 4.08. The van der Waals surface area contributed by atoms with Crippen molar-refractivity contribution >= 4 is 12.0 Å². The van der Waals surface area contributed by atoms with Crippen LogP contribution < -0.4 is 14.8 Å². The molecule has 7 heteroatoms. The molecular formula is C18H24N2O5. The molecular weight excluding hydrogens is 324 g/mol. The summed E-state index contributed by atoms with van der Waals surface area (Å²) in [5, 5.41) is 2.80. The van der Waals surface area contributed by atoms with E-state index in [-0.39, 0.29) is 18.6 Å². The molecule has 1 heterocycles. The maximum Gasteiger partial charge on any atom is 0.407 e. The van der Waals surface area contributed by atoms with E-state index in [1.807, 2.05) is 0 Å². The van der Waals surface area contributed by atoms with E-state index in [0.29, 0.717) is 43.0 Å².